The summed E-state index contributed by atoms with van der Waals surface area (Å²) in [5.41, 5.74) is 7.59. The maximum atomic E-state index is 6.60. The molecule has 0 radical (unpaired) electrons. The van der Waals surface area contributed by atoms with Crippen LogP contribution in [-0.4, -0.2) is 17.0 Å². The first-order valence-corrected chi connectivity index (χ1v) is 14.7. The number of rotatable bonds is 5. The highest BCUT2D eigenvalue weighted by Crippen LogP contribution is 2.40. The summed E-state index contributed by atoms with van der Waals surface area (Å²) in [5, 5.41) is 6.39. The third-order valence-electron chi connectivity index (χ3n) is 4.38. The number of para-hydroxylation sites is 2. The molecule has 0 unspecified atom stereocenters. The Morgan fingerprint density at radius 2 is 1.04 bits per heavy atom. The average molecular weight is 373 g/mol. The van der Waals surface area contributed by atoms with E-state index in [4.69, 9.17) is 9.51 Å². The van der Waals surface area contributed by atoms with Crippen molar-refractivity contribution in [2.75, 3.05) is 4.57 Å². The lowest BCUT2D eigenvalue weighted by Gasteiger charge is -2.44. The monoisotopic (exact) mass is 372 g/mol. The maximum absolute atomic E-state index is 6.60. The van der Waals surface area contributed by atoms with Crippen LogP contribution in [0, 0.1) is 27.7 Å². The standard InChI is InChI=1S/C20H32N2OSi2/c1-15-11-9-12-16(2)19(15)22(25(7,8)23-24(5,6)21)20-17(3)13-10-14-18(20)4/h9-14H,21H2,1-8H3. The van der Waals surface area contributed by atoms with E-state index >= 15 is 0 Å². The average Bonchev–Trinajstić information content (AvgIpc) is 2.42. The molecule has 0 amide bonds. The van der Waals surface area contributed by atoms with Crippen LogP contribution in [0.3, 0.4) is 0 Å². The van der Waals surface area contributed by atoms with Crippen molar-refractivity contribution in [2.45, 2.75) is 53.9 Å². The zero-order chi connectivity index (χ0) is 19.0. The van der Waals surface area contributed by atoms with Gasteiger partial charge in [0.2, 0.25) is 8.48 Å². The Bertz CT molecular complexity index is 675. The molecule has 25 heavy (non-hydrogen) atoms. The third kappa shape index (κ3) is 4.41. The first-order valence-electron chi connectivity index (χ1n) is 8.86. The first kappa shape index (κ1) is 19.9. The summed E-state index contributed by atoms with van der Waals surface area (Å²) in [6, 6.07) is 13.0. The summed E-state index contributed by atoms with van der Waals surface area (Å²) in [7, 11) is -4.48. The van der Waals surface area contributed by atoms with Crippen LogP contribution < -0.4 is 9.96 Å². The number of benzene rings is 2. The predicted molar refractivity (Wildman–Crippen MR) is 114 cm³/mol. The van der Waals surface area contributed by atoms with Crippen molar-refractivity contribution in [2.24, 2.45) is 5.40 Å². The Morgan fingerprint density at radius 3 is 1.32 bits per heavy atom. The molecule has 2 N–H and O–H groups in total. The van der Waals surface area contributed by atoms with Crippen molar-refractivity contribution in [1.82, 2.24) is 0 Å². The number of nitrogens with two attached hydrogens (primary N) is 1. The summed E-state index contributed by atoms with van der Waals surface area (Å²) >= 11 is 0. The summed E-state index contributed by atoms with van der Waals surface area (Å²) in [4.78, 5) is 0. The molecule has 2 aromatic rings. The Labute approximate surface area is 155 Å². The maximum Gasteiger partial charge on any atom is 0.289 e. The molecular formula is C20H32N2OSi2. The van der Waals surface area contributed by atoms with Gasteiger partial charge < -0.3 is 14.1 Å². The van der Waals surface area contributed by atoms with Crippen LogP contribution in [0.4, 0.5) is 11.4 Å². The molecule has 0 heterocycles. The normalized spacial score (nSPS) is 12.4. The highest BCUT2D eigenvalue weighted by molar-refractivity contribution is 6.86. The van der Waals surface area contributed by atoms with Crippen LogP contribution in [0.15, 0.2) is 36.4 Å². The minimum atomic E-state index is -2.31. The molecule has 0 aliphatic carbocycles. The van der Waals surface area contributed by atoms with Crippen molar-refractivity contribution in [3.05, 3.63) is 58.7 Å². The number of anilines is 2. The van der Waals surface area contributed by atoms with Gasteiger partial charge in [0, 0.05) is 11.4 Å². The van der Waals surface area contributed by atoms with E-state index in [1.165, 1.54) is 33.6 Å². The second kappa shape index (κ2) is 7.07. The zero-order valence-electron chi connectivity index (χ0n) is 16.9. The first-order chi connectivity index (χ1) is 11.4. The van der Waals surface area contributed by atoms with Crippen molar-refractivity contribution in [3.8, 4) is 0 Å². The molecule has 0 atom stereocenters. The Kier molecular flexibility index (Phi) is 5.63. The SMILES string of the molecule is Cc1cccc(C)c1N(c1c(C)cccc1C)[Si](C)(C)O[Si](C)(C)N. The highest BCUT2D eigenvalue weighted by atomic mass is 28.4. The molecule has 2 rings (SSSR count). The molecule has 0 spiro atoms. The molecule has 136 valence electrons. The van der Waals surface area contributed by atoms with E-state index in [9.17, 15) is 0 Å². The van der Waals surface area contributed by atoms with Crippen LogP contribution in [0.25, 0.3) is 0 Å². The van der Waals surface area contributed by atoms with E-state index < -0.39 is 17.0 Å². The highest BCUT2D eigenvalue weighted by Gasteiger charge is 2.40. The van der Waals surface area contributed by atoms with Crippen LogP contribution in [0.1, 0.15) is 22.3 Å². The molecule has 0 saturated heterocycles. The van der Waals surface area contributed by atoms with E-state index in [1.807, 2.05) is 0 Å². The van der Waals surface area contributed by atoms with Crippen LogP contribution in [0.5, 0.6) is 0 Å². The van der Waals surface area contributed by atoms with Gasteiger partial charge in [0.15, 0.2) is 0 Å². The molecule has 5 heteroatoms. The van der Waals surface area contributed by atoms with E-state index in [0.717, 1.165) is 0 Å². The molecule has 0 bridgehead atoms. The fourth-order valence-corrected chi connectivity index (χ4v) is 11.0. The Balaban J connectivity index is 2.77. The van der Waals surface area contributed by atoms with Gasteiger partial charge in [0.1, 0.15) is 0 Å². The van der Waals surface area contributed by atoms with Gasteiger partial charge in [-0.25, -0.2) is 0 Å². The largest absolute Gasteiger partial charge is 0.428 e. The van der Waals surface area contributed by atoms with Crippen molar-refractivity contribution < 1.29 is 4.12 Å². The van der Waals surface area contributed by atoms with Gasteiger partial charge in [-0.1, -0.05) is 36.4 Å². The van der Waals surface area contributed by atoms with E-state index in [1.54, 1.807) is 0 Å². The molecule has 0 fully saturated rings. The van der Waals surface area contributed by atoms with Crippen molar-refractivity contribution in [3.63, 3.8) is 0 Å². The van der Waals surface area contributed by atoms with Gasteiger partial charge in [-0.15, -0.1) is 0 Å². The lowest BCUT2D eigenvalue weighted by Crippen LogP contribution is -2.59. The molecule has 0 aromatic heterocycles. The second-order valence-electron chi connectivity index (χ2n) is 7.97. The summed E-state index contributed by atoms with van der Waals surface area (Å²) < 4.78 is 9.07. The summed E-state index contributed by atoms with van der Waals surface area (Å²) in [6.45, 7) is 17.4. The molecule has 0 aliphatic heterocycles. The number of hydrogen-bond acceptors (Lipinski definition) is 3. The number of aryl methyl sites for hydroxylation is 4. The zero-order valence-corrected chi connectivity index (χ0v) is 18.9. The Hall–Kier alpha value is -1.41. The van der Waals surface area contributed by atoms with Crippen molar-refractivity contribution >= 4 is 28.3 Å². The lowest BCUT2D eigenvalue weighted by atomic mass is 10.1. The molecule has 0 aliphatic rings. The molecule has 3 nitrogen and oxygen atoms in total. The fraction of sp³-hybridized carbons (Fsp3) is 0.400. The minimum absolute atomic E-state index is 1.26. The van der Waals surface area contributed by atoms with Gasteiger partial charge in [0.05, 0.1) is 0 Å². The summed E-state index contributed by atoms with van der Waals surface area (Å²) in [5.74, 6) is 0. The quantitative estimate of drug-likeness (QED) is 0.710. The van der Waals surface area contributed by atoms with Gasteiger partial charge in [0.25, 0.3) is 8.48 Å². The smallest absolute Gasteiger partial charge is 0.289 e. The van der Waals surface area contributed by atoms with Crippen LogP contribution >= 0.6 is 0 Å². The Morgan fingerprint density at radius 1 is 0.720 bits per heavy atom. The molecule has 0 saturated carbocycles. The van der Waals surface area contributed by atoms with Gasteiger partial charge in [-0.3, -0.25) is 0 Å². The second-order valence-corrected chi connectivity index (χ2v) is 15.3. The number of hydrogen-bond donors (Lipinski definition) is 1. The van der Waals surface area contributed by atoms with Crippen molar-refractivity contribution in [1.29, 1.82) is 0 Å². The summed E-state index contributed by atoms with van der Waals surface area (Å²) in [6.07, 6.45) is 0. The molecule has 2 aromatic carbocycles. The molecular weight excluding hydrogens is 340 g/mol. The minimum Gasteiger partial charge on any atom is -0.428 e. The van der Waals surface area contributed by atoms with Gasteiger partial charge in [-0.05, 0) is 76.1 Å². The van der Waals surface area contributed by atoms with E-state index in [2.05, 4.69) is 94.8 Å². The predicted octanol–water partition coefficient (Wildman–Crippen LogP) is 5.44. The van der Waals surface area contributed by atoms with Gasteiger partial charge in [-0.2, -0.15) is 0 Å². The van der Waals surface area contributed by atoms with Crippen LogP contribution in [0.2, 0.25) is 26.2 Å². The fourth-order valence-electron chi connectivity index (χ4n) is 3.66. The van der Waals surface area contributed by atoms with E-state index in [0.29, 0.717) is 0 Å². The van der Waals surface area contributed by atoms with E-state index in [-0.39, 0.29) is 0 Å². The lowest BCUT2D eigenvalue weighted by molar-refractivity contribution is 0.543. The third-order valence-corrected chi connectivity index (χ3v) is 10.0. The number of nitrogens with zero attached hydrogens (tertiary/aromatic N) is 1. The van der Waals surface area contributed by atoms with Gasteiger partial charge >= 0.3 is 0 Å². The van der Waals surface area contributed by atoms with Crippen LogP contribution in [-0.2, 0) is 4.12 Å². The topological polar surface area (TPSA) is 38.5 Å².